The zero-order chi connectivity index (χ0) is 18.1. The number of nitrogens with one attached hydrogen (secondary N) is 1. The average molecular weight is 350 g/mol. The maximum absolute atomic E-state index is 11.9. The van der Waals surface area contributed by atoms with Crippen LogP contribution in [0.5, 0.6) is 11.5 Å². The molecule has 1 saturated heterocycles. The van der Waals surface area contributed by atoms with E-state index in [1.54, 1.807) is 17.0 Å². The monoisotopic (exact) mass is 350 g/mol. The highest BCUT2D eigenvalue weighted by molar-refractivity contribution is 5.77. The van der Waals surface area contributed by atoms with Crippen molar-refractivity contribution >= 4 is 12.0 Å². The van der Waals surface area contributed by atoms with Crippen molar-refractivity contribution in [2.75, 3.05) is 40.0 Å². The summed E-state index contributed by atoms with van der Waals surface area (Å²) in [5, 5.41) is 2.89. The van der Waals surface area contributed by atoms with Crippen LogP contribution < -0.4 is 14.8 Å². The van der Waals surface area contributed by atoms with Crippen LogP contribution in [-0.2, 0) is 9.53 Å². The van der Waals surface area contributed by atoms with Crippen LogP contribution >= 0.6 is 0 Å². The Kier molecular flexibility index (Phi) is 7.37. The molecule has 0 saturated carbocycles. The van der Waals surface area contributed by atoms with Gasteiger partial charge in [0, 0.05) is 19.6 Å². The van der Waals surface area contributed by atoms with Gasteiger partial charge >= 0.3 is 6.09 Å². The summed E-state index contributed by atoms with van der Waals surface area (Å²) in [5.41, 5.74) is 0. The van der Waals surface area contributed by atoms with Crippen LogP contribution in [0.15, 0.2) is 24.3 Å². The first kappa shape index (κ1) is 18.9. The molecule has 0 radical (unpaired) electrons. The second kappa shape index (κ2) is 9.76. The molecule has 2 amide bonds. The summed E-state index contributed by atoms with van der Waals surface area (Å²) in [6.07, 6.45) is 1.43. The van der Waals surface area contributed by atoms with E-state index in [1.807, 2.05) is 19.1 Å². The standard InChI is InChI=1S/C18H26N2O5/c1-3-24-15-4-6-16(7-5-15)25-13-17(21)19-12-14-8-10-20(11-9-14)18(22)23-2/h4-7,14H,3,8-13H2,1-2H3,(H,19,21). The highest BCUT2D eigenvalue weighted by atomic mass is 16.5. The van der Waals surface area contributed by atoms with Gasteiger partial charge in [0.25, 0.3) is 5.91 Å². The molecule has 138 valence electrons. The summed E-state index contributed by atoms with van der Waals surface area (Å²) in [4.78, 5) is 25.0. The van der Waals surface area contributed by atoms with E-state index in [-0.39, 0.29) is 18.6 Å². The van der Waals surface area contributed by atoms with E-state index in [2.05, 4.69) is 5.32 Å². The molecule has 0 unspecified atom stereocenters. The van der Waals surface area contributed by atoms with Gasteiger partial charge in [-0.25, -0.2) is 4.79 Å². The van der Waals surface area contributed by atoms with Crippen LogP contribution in [0, 0.1) is 5.92 Å². The molecular weight excluding hydrogens is 324 g/mol. The van der Waals surface area contributed by atoms with Crippen molar-refractivity contribution in [3.63, 3.8) is 0 Å². The molecule has 1 aliphatic rings. The van der Waals surface area contributed by atoms with Crippen molar-refractivity contribution in [1.29, 1.82) is 0 Å². The summed E-state index contributed by atoms with van der Waals surface area (Å²) in [6.45, 7) is 4.44. The third-order valence-electron chi connectivity index (χ3n) is 4.14. The van der Waals surface area contributed by atoms with Crippen LogP contribution in [0.25, 0.3) is 0 Å². The maximum atomic E-state index is 11.9. The van der Waals surface area contributed by atoms with Crippen LogP contribution in [0.3, 0.4) is 0 Å². The molecular formula is C18H26N2O5. The number of amides is 2. The van der Waals surface area contributed by atoms with E-state index in [4.69, 9.17) is 14.2 Å². The van der Waals surface area contributed by atoms with Crippen LogP contribution in [0.2, 0.25) is 0 Å². The number of hydrogen-bond acceptors (Lipinski definition) is 5. The van der Waals surface area contributed by atoms with Crippen LogP contribution in [0.1, 0.15) is 19.8 Å². The average Bonchev–Trinajstić information content (AvgIpc) is 2.66. The van der Waals surface area contributed by atoms with Crippen LogP contribution in [0.4, 0.5) is 4.79 Å². The summed E-state index contributed by atoms with van der Waals surface area (Å²) < 4.78 is 15.5. The lowest BCUT2D eigenvalue weighted by molar-refractivity contribution is -0.123. The van der Waals surface area contributed by atoms with E-state index in [0.717, 1.165) is 18.6 Å². The van der Waals surface area contributed by atoms with Gasteiger partial charge in [-0.2, -0.15) is 0 Å². The Morgan fingerprint density at radius 2 is 1.72 bits per heavy atom. The van der Waals surface area contributed by atoms with Gasteiger partial charge in [-0.3, -0.25) is 4.79 Å². The van der Waals surface area contributed by atoms with Crippen molar-refractivity contribution in [2.45, 2.75) is 19.8 Å². The van der Waals surface area contributed by atoms with E-state index >= 15 is 0 Å². The first-order chi connectivity index (χ1) is 12.1. The smallest absolute Gasteiger partial charge is 0.409 e. The second-order valence-corrected chi connectivity index (χ2v) is 5.90. The Balaban J connectivity index is 1.63. The first-order valence-corrected chi connectivity index (χ1v) is 8.57. The number of rotatable bonds is 7. The summed E-state index contributed by atoms with van der Waals surface area (Å²) in [7, 11) is 1.39. The molecule has 0 atom stereocenters. The minimum atomic E-state index is -0.286. The fourth-order valence-corrected chi connectivity index (χ4v) is 2.71. The van der Waals surface area contributed by atoms with E-state index in [1.165, 1.54) is 7.11 Å². The fraction of sp³-hybridized carbons (Fsp3) is 0.556. The van der Waals surface area contributed by atoms with Crippen molar-refractivity contribution in [1.82, 2.24) is 10.2 Å². The number of hydrogen-bond donors (Lipinski definition) is 1. The second-order valence-electron chi connectivity index (χ2n) is 5.90. The topological polar surface area (TPSA) is 77.1 Å². The van der Waals surface area contributed by atoms with E-state index in [0.29, 0.717) is 37.9 Å². The summed E-state index contributed by atoms with van der Waals surface area (Å²) >= 11 is 0. The molecule has 1 aromatic rings. The zero-order valence-corrected chi connectivity index (χ0v) is 14.8. The van der Waals surface area contributed by atoms with Gasteiger partial charge in [-0.1, -0.05) is 0 Å². The highest BCUT2D eigenvalue weighted by Crippen LogP contribution is 2.18. The molecule has 7 heteroatoms. The molecule has 2 rings (SSSR count). The molecule has 1 aliphatic heterocycles. The van der Waals surface area contributed by atoms with Crippen molar-refractivity contribution in [3.8, 4) is 11.5 Å². The lowest BCUT2D eigenvalue weighted by Gasteiger charge is -2.30. The van der Waals surface area contributed by atoms with Crippen molar-refractivity contribution < 1.29 is 23.8 Å². The number of benzene rings is 1. The number of methoxy groups -OCH3 is 1. The number of ether oxygens (including phenoxy) is 3. The van der Waals surface area contributed by atoms with E-state index in [9.17, 15) is 9.59 Å². The summed E-state index contributed by atoms with van der Waals surface area (Å²) in [5.74, 6) is 1.63. The van der Waals surface area contributed by atoms with Gasteiger partial charge in [0.2, 0.25) is 0 Å². The minimum absolute atomic E-state index is 0.0189. The Labute approximate surface area is 148 Å². The van der Waals surface area contributed by atoms with Crippen LogP contribution in [-0.4, -0.2) is 56.9 Å². The van der Waals surface area contributed by atoms with Gasteiger partial charge < -0.3 is 24.4 Å². The predicted molar refractivity (Wildman–Crippen MR) is 92.8 cm³/mol. The number of carbonyl (C=O) groups excluding carboxylic acids is 2. The van der Waals surface area contributed by atoms with Crippen molar-refractivity contribution in [3.05, 3.63) is 24.3 Å². The summed E-state index contributed by atoms with van der Waals surface area (Å²) in [6, 6.07) is 7.18. The van der Waals surface area contributed by atoms with Crippen molar-refractivity contribution in [2.24, 2.45) is 5.92 Å². The van der Waals surface area contributed by atoms with Gasteiger partial charge in [-0.15, -0.1) is 0 Å². The molecule has 0 bridgehead atoms. The fourth-order valence-electron chi connectivity index (χ4n) is 2.71. The maximum Gasteiger partial charge on any atom is 0.409 e. The first-order valence-electron chi connectivity index (χ1n) is 8.57. The normalized spacial score (nSPS) is 14.7. The molecule has 1 fully saturated rings. The predicted octanol–water partition coefficient (Wildman–Crippen LogP) is 2.06. The Bertz CT molecular complexity index is 553. The lowest BCUT2D eigenvalue weighted by atomic mass is 9.97. The molecule has 0 aliphatic carbocycles. The quantitative estimate of drug-likeness (QED) is 0.814. The van der Waals surface area contributed by atoms with Gasteiger partial charge in [0.15, 0.2) is 6.61 Å². The van der Waals surface area contributed by atoms with Gasteiger partial charge in [0.05, 0.1) is 13.7 Å². The molecule has 0 spiro atoms. The Morgan fingerprint density at radius 1 is 1.12 bits per heavy atom. The number of likely N-dealkylation sites (tertiary alicyclic amines) is 1. The third-order valence-corrected chi connectivity index (χ3v) is 4.14. The SMILES string of the molecule is CCOc1ccc(OCC(=O)NCC2CCN(C(=O)OC)CC2)cc1. The molecule has 1 N–H and O–H groups in total. The molecule has 7 nitrogen and oxygen atoms in total. The van der Waals surface area contributed by atoms with E-state index < -0.39 is 0 Å². The number of carbonyl (C=O) groups is 2. The largest absolute Gasteiger partial charge is 0.494 e. The highest BCUT2D eigenvalue weighted by Gasteiger charge is 2.23. The zero-order valence-electron chi connectivity index (χ0n) is 14.8. The Morgan fingerprint density at radius 3 is 2.28 bits per heavy atom. The lowest BCUT2D eigenvalue weighted by Crippen LogP contribution is -2.42. The molecule has 1 aromatic carbocycles. The number of nitrogens with zero attached hydrogens (tertiary/aromatic N) is 1. The number of piperidine rings is 1. The van der Waals surface area contributed by atoms with Gasteiger partial charge in [0.1, 0.15) is 11.5 Å². The molecule has 25 heavy (non-hydrogen) atoms. The Hall–Kier alpha value is -2.44. The molecule has 0 aromatic heterocycles. The third kappa shape index (κ3) is 6.17. The van der Waals surface area contributed by atoms with Gasteiger partial charge in [-0.05, 0) is 49.9 Å². The minimum Gasteiger partial charge on any atom is -0.494 e. The molecule has 1 heterocycles.